The molecule has 0 radical (unpaired) electrons. The monoisotopic (exact) mass is 451 g/mol. The number of nitrogens with one attached hydrogen (secondary N) is 1. The van der Waals surface area contributed by atoms with Gasteiger partial charge >= 0.3 is 0 Å². The summed E-state index contributed by atoms with van der Waals surface area (Å²) in [6.07, 6.45) is -1.34. The second kappa shape index (κ2) is 12.5. The lowest BCUT2D eigenvalue weighted by Gasteiger charge is -2.48. The highest BCUT2D eigenvalue weighted by molar-refractivity contribution is 6.73. The molecule has 174 valence electrons. The number of ether oxygens (including phenoxy) is 3. The van der Waals surface area contributed by atoms with Crippen molar-refractivity contribution in [3.63, 3.8) is 0 Å². The first-order valence-corrected chi connectivity index (χ1v) is 13.7. The van der Waals surface area contributed by atoms with E-state index < -0.39 is 39.0 Å². The maximum absolute atomic E-state index is 12.1. The molecule has 0 aliphatic carbocycles. The van der Waals surface area contributed by atoms with E-state index in [9.17, 15) is 9.59 Å². The molecule has 0 bridgehead atoms. The Morgan fingerprint density at radius 1 is 1.13 bits per heavy atom. The van der Waals surface area contributed by atoms with Crippen LogP contribution in [0.5, 0.6) is 0 Å². The summed E-state index contributed by atoms with van der Waals surface area (Å²) >= 11 is 0. The van der Waals surface area contributed by atoms with Crippen LogP contribution in [0, 0.1) is 0 Å². The van der Waals surface area contributed by atoms with Crippen LogP contribution < -0.4 is 5.32 Å². The van der Waals surface area contributed by atoms with Crippen molar-refractivity contribution in [1.82, 2.24) is 5.32 Å². The molecule has 0 aromatic heterocycles. The third kappa shape index (κ3) is 6.70. The van der Waals surface area contributed by atoms with Crippen LogP contribution in [-0.2, 0) is 34.8 Å². The molecule has 1 aromatic carbocycles. The van der Waals surface area contributed by atoms with Crippen molar-refractivity contribution in [2.24, 2.45) is 0 Å². The standard InChI is InChI=1S/C23H37NO6Si/c1-6-31(7-2,8-3)30-21-19(14-15-25)29-23(27-5)22(20(21)24-17(4)26)28-16-18-12-10-9-11-13-18/h9-13,15,19-23H,6-8,14,16H2,1-5H3,(H,24,26)/t19-,20+,21+,22-,23+/m1/s1. The van der Waals surface area contributed by atoms with Gasteiger partial charge in [-0.3, -0.25) is 4.79 Å². The third-order valence-corrected chi connectivity index (χ3v) is 10.8. The molecule has 1 saturated heterocycles. The Morgan fingerprint density at radius 2 is 1.77 bits per heavy atom. The highest BCUT2D eigenvalue weighted by Gasteiger charge is 2.50. The fraction of sp³-hybridized carbons (Fsp3) is 0.652. The van der Waals surface area contributed by atoms with Crippen molar-refractivity contribution in [2.45, 2.75) is 89.5 Å². The van der Waals surface area contributed by atoms with Crippen LogP contribution in [0.15, 0.2) is 30.3 Å². The van der Waals surface area contributed by atoms with Crippen molar-refractivity contribution in [3.8, 4) is 0 Å². The van der Waals surface area contributed by atoms with Crippen LogP contribution in [0.25, 0.3) is 0 Å². The molecule has 1 heterocycles. The molecule has 1 N–H and O–H groups in total. The number of methoxy groups -OCH3 is 1. The van der Waals surface area contributed by atoms with Gasteiger partial charge in [-0.1, -0.05) is 51.1 Å². The molecule has 1 aliphatic rings. The van der Waals surface area contributed by atoms with E-state index in [1.165, 1.54) is 14.0 Å². The van der Waals surface area contributed by atoms with Gasteiger partial charge in [0, 0.05) is 20.5 Å². The third-order valence-electron chi connectivity index (χ3n) is 6.19. The zero-order chi connectivity index (χ0) is 22.9. The molecule has 0 saturated carbocycles. The van der Waals surface area contributed by atoms with Crippen LogP contribution in [-0.4, -0.2) is 58.3 Å². The van der Waals surface area contributed by atoms with Gasteiger partial charge in [0.1, 0.15) is 12.4 Å². The summed E-state index contributed by atoms with van der Waals surface area (Å²) in [6, 6.07) is 12.1. The largest absolute Gasteiger partial charge is 0.409 e. The van der Waals surface area contributed by atoms with Gasteiger partial charge in [-0.2, -0.15) is 0 Å². The van der Waals surface area contributed by atoms with Gasteiger partial charge in [-0.15, -0.1) is 0 Å². The lowest BCUT2D eigenvalue weighted by atomic mass is 9.94. The Balaban J connectivity index is 2.38. The van der Waals surface area contributed by atoms with Gasteiger partial charge in [0.2, 0.25) is 5.91 Å². The minimum Gasteiger partial charge on any atom is -0.409 e. The highest BCUT2D eigenvalue weighted by atomic mass is 28.4. The predicted octanol–water partition coefficient (Wildman–Crippen LogP) is 3.43. The first-order chi connectivity index (χ1) is 14.9. The molecular weight excluding hydrogens is 414 g/mol. The Kier molecular flexibility index (Phi) is 10.3. The van der Waals surface area contributed by atoms with Crippen LogP contribution in [0.2, 0.25) is 18.1 Å². The van der Waals surface area contributed by atoms with Gasteiger partial charge in [0.25, 0.3) is 0 Å². The lowest BCUT2D eigenvalue weighted by molar-refractivity contribution is -0.274. The van der Waals surface area contributed by atoms with Crippen molar-refractivity contribution in [3.05, 3.63) is 35.9 Å². The summed E-state index contributed by atoms with van der Waals surface area (Å²) in [4.78, 5) is 23.6. The van der Waals surface area contributed by atoms with E-state index >= 15 is 0 Å². The Hall–Kier alpha value is -1.58. The quantitative estimate of drug-likeness (QED) is 0.387. The molecule has 5 atom stereocenters. The van der Waals surface area contributed by atoms with E-state index in [0.717, 1.165) is 30.0 Å². The minimum absolute atomic E-state index is 0.160. The molecule has 8 heteroatoms. The molecule has 1 amide bonds. The normalized spacial score (nSPS) is 26.4. The van der Waals surface area contributed by atoms with Gasteiger partial charge in [-0.25, -0.2) is 0 Å². The second-order valence-electron chi connectivity index (χ2n) is 7.99. The van der Waals surface area contributed by atoms with Crippen molar-refractivity contribution in [2.75, 3.05) is 7.11 Å². The van der Waals surface area contributed by atoms with Gasteiger partial charge in [0.05, 0.1) is 24.9 Å². The summed E-state index contributed by atoms with van der Waals surface area (Å²) in [6.45, 7) is 8.25. The van der Waals surface area contributed by atoms with Gasteiger partial charge in [-0.05, 0) is 23.7 Å². The smallest absolute Gasteiger partial charge is 0.217 e. The maximum atomic E-state index is 12.1. The summed E-state index contributed by atoms with van der Waals surface area (Å²) < 4.78 is 24.8. The molecule has 0 spiro atoms. The van der Waals surface area contributed by atoms with E-state index in [1.54, 1.807) is 0 Å². The molecule has 31 heavy (non-hydrogen) atoms. The summed E-state index contributed by atoms with van der Waals surface area (Å²) in [5.74, 6) is -0.190. The zero-order valence-electron chi connectivity index (χ0n) is 19.3. The fourth-order valence-corrected chi connectivity index (χ4v) is 7.05. The first-order valence-electron chi connectivity index (χ1n) is 11.2. The maximum Gasteiger partial charge on any atom is 0.217 e. The van der Waals surface area contributed by atoms with E-state index in [1.807, 2.05) is 30.3 Å². The second-order valence-corrected chi connectivity index (χ2v) is 12.7. The highest BCUT2D eigenvalue weighted by Crippen LogP contribution is 2.33. The average Bonchev–Trinajstić information content (AvgIpc) is 2.78. The molecule has 1 aromatic rings. The van der Waals surface area contributed by atoms with Crippen molar-refractivity contribution < 1.29 is 28.2 Å². The van der Waals surface area contributed by atoms with E-state index in [-0.39, 0.29) is 12.3 Å². The number of carbonyl (C=O) groups is 2. The van der Waals surface area contributed by atoms with Crippen molar-refractivity contribution >= 4 is 20.5 Å². The summed E-state index contributed by atoms with van der Waals surface area (Å²) in [5.41, 5.74) is 1.01. The fourth-order valence-electron chi connectivity index (χ4n) is 4.17. The number of benzene rings is 1. The molecule has 2 rings (SSSR count). The molecule has 1 aliphatic heterocycles. The topological polar surface area (TPSA) is 83.1 Å². The van der Waals surface area contributed by atoms with Gasteiger partial charge < -0.3 is 28.7 Å². The van der Waals surface area contributed by atoms with Crippen LogP contribution in [0.3, 0.4) is 0 Å². The van der Waals surface area contributed by atoms with E-state index in [0.29, 0.717) is 6.61 Å². The predicted molar refractivity (Wildman–Crippen MR) is 121 cm³/mol. The number of amides is 1. The van der Waals surface area contributed by atoms with E-state index in [2.05, 4.69) is 26.1 Å². The molecule has 0 unspecified atom stereocenters. The Labute approximate surface area is 186 Å². The molecule has 1 fully saturated rings. The van der Waals surface area contributed by atoms with Gasteiger partial charge in [0.15, 0.2) is 14.6 Å². The number of aldehydes is 1. The molecule has 7 nitrogen and oxygen atoms in total. The minimum atomic E-state index is -2.06. The number of hydrogen-bond donors (Lipinski definition) is 1. The summed E-state index contributed by atoms with van der Waals surface area (Å²) in [5, 5.41) is 3.02. The Bertz CT molecular complexity index is 676. The Morgan fingerprint density at radius 3 is 2.29 bits per heavy atom. The van der Waals surface area contributed by atoms with Crippen LogP contribution in [0.4, 0.5) is 0 Å². The number of rotatable bonds is 12. The lowest BCUT2D eigenvalue weighted by Crippen LogP contribution is -2.67. The SMILES string of the molecule is CC[Si](CC)(CC)O[C@@H]1[C@H](NC(C)=O)[C@@H](OCc2ccccc2)[C@@H](OC)O[C@@H]1CC=O. The zero-order valence-corrected chi connectivity index (χ0v) is 20.3. The number of hydrogen-bond acceptors (Lipinski definition) is 6. The average molecular weight is 452 g/mol. The number of carbonyl (C=O) groups excluding carboxylic acids is 2. The van der Waals surface area contributed by atoms with Crippen molar-refractivity contribution in [1.29, 1.82) is 0 Å². The van der Waals surface area contributed by atoms with Crippen LogP contribution >= 0.6 is 0 Å². The van der Waals surface area contributed by atoms with Crippen LogP contribution in [0.1, 0.15) is 39.7 Å². The first kappa shape index (κ1) is 25.7. The summed E-state index contributed by atoms with van der Waals surface area (Å²) in [7, 11) is -0.522. The molecular formula is C23H37NO6Si. The van der Waals surface area contributed by atoms with E-state index in [4.69, 9.17) is 18.6 Å².